The molecule has 176 valence electrons. The first kappa shape index (κ1) is 23.3. The molecule has 2 heterocycles. The summed E-state index contributed by atoms with van der Waals surface area (Å²) in [6.07, 6.45) is 2.85. The van der Waals surface area contributed by atoms with Crippen molar-refractivity contribution in [2.24, 2.45) is 0 Å². The van der Waals surface area contributed by atoms with Gasteiger partial charge in [0.2, 0.25) is 10.0 Å². The smallest absolute Gasteiger partial charge is 0.336 e. The van der Waals surface area contributed by atoms with Crippen molar-refractivity contribution >= 4 is 32.4 Å². The topological polar surface area (TPSA) is 82.9 Å². The van der Waals surface area contributed by atoms with E-state index in [0.717, 1.165) is 47.0 Å². The van der Waals surface area contributed by atoms with Gasteiger partial charge in [-0.25, -0.2) is 13.2 Å². The van der Waals surface area contributed by atoms with Crippen LogP contribution in [-0.2, 0) is 16.6 Å². The number of hydrogen-bond donors (Lipinski definition) is 1. The summed E-state index contributed by atoms with van der Waals surface area (Å²) in [4.78, 5) is 14.4. The molecule has 0 spiro atoms. The van der Waals surface area contributed by atoms with Crippen LogP contribution >= 0.6 is 0 Å². The molecule has 1 saturated heterocycles. The minimum absolute atomic E-state index is 0.279. The highest BCUT2D eigenvalue weighted by atomic mass is 32.2. The number of rotatable bonds is 6. The molecule has 0 bridgehead atoms. The number of fused-ring (bicyclic) bond motifs is 1. The van der Waals surface area contributed by atoms with Crippen LogP contribution in [0.3, 0.4) is 0 Å². The van der Waals surface area contributed by atoms with E-state index in [0.29, 0.717) is 30.9 Å². The first-order valence-corrected chi connectivity index (χ1v) is 12.7. The molecule has 2 aromatic carbocycles. The Morgan fingerprint density at radius 2 is 1.76 bits per heavy atom. The molecule has 0 saturated carbocycles. The SMILES string of the molecule is Cc1ccc2c(CNc3cc(S(=O)(=O)N4CCCCC4)ccc3N(C)C)cc(=O)oc2c1C. The maximum atomic E-state index is 13.2. The zero-order chi connectivity index (χ0) is 23.8. The molecule has 1 aromatic heterocycles. The predicted octanol–water partition coefficient (Wildman–Crippen LogP) is 4.26. The van der Waals surface area contributed by atoms with Gasteiger partial charge in [-0.05, 0) is 61.6 Å². The number of hydrogen-bond acceptors (Lipinski definition) is 6. The van der Waals surface area contributed by atoms with Crippen molar-refractivity contribution in [3.8, 4) is 0 Å². The Kier molecular flexibility index (Phi) is 6.50. The normalized spacial score (nSPS) is 15.0. The third kappa shape index (κ3) is 4.63. The third-order valence-electron chi connectivity index (χ3n) is 6.39. The fraction of sp³-hybridized carbons (Fsp3) is 0.400. The lowest BCUT2D eigenvalue weighted by molar-refractivity contribution is 0.346. The summed E-state index contributed by atoms with van der Waals surface area (Å²) < 4.78 is 33.5. The van der Waals surface area contributed by atoms with Gasteiger partial charge in [0.1, 0.15) is 5.58 Å². The number of aryl methyl sites for hydroxylation is 2. The Labute approximate surface area is 195 Å². The van der Waals surface area contributed by atoms with Crippen molar-refractivity contribution in [2.45, 2.75) is 44.6 Å². The molecule has 1 N–H and O–H groups in total. The second kappa shape index (κ2) is 9.19. The first-order chi connectivity index (χ1) is 15.7. The second-order valence-corrected chi connectivity index (χ2v) is 10.8. The van der Waals surface area contributed by atoms with Gasteiger partial charge in [0, 0.05) is 45.2 Å². The van der Waals surface area contributed by atoms with E-state index in [9.17, 15) is 13.2 Å². The van der Waals surface area contributed by atoms with Gasteiger partial charge in [-0.3, -0.25) is 0 Å². The zero-order valence-corrected chi connectivity index (χ0v) is 20.5. The molecule has 0 aliphatic carbocycles. The molecular weight excluding hydrogens is 438 g/mol. The zero-order valence-electron chi connectivity index (χ0n) is 19.6. The largest absolute Gasteiger partial charge is 0.422 e. The molecule has 0 atom stereocenters. The number of piperidine rings is 1. The minimum Gasteiger partial charge on any atom is -0.422 e. The molecular formula is C25H31N3O4S. The number of nitrogens with zero attached hydrogens (tertiary/aromatic N) is 2. The summed E-state index contributed by atoms with van der Waals surface area (Å²) in [6.45, 7) is 5.41. The van der Waals surface area contributed by atoms with E-state index < -0.39 is 15.6 Å². The van der Waals surface area contributed by atoms with Gasteiger partial charge >= 0.3 is 5.63 Å². The van der Waals surface area contributed by atoms with Crippen molar-refractivity contribution in [1.82, 2.24) is 4.31 Å². The van der Waals surface area contributed by atoms with E-state index in [4.69, 9.17) is 4.42 Å². The van der Waals surface area contributed by atoms with E-state index in [1.165, 1.54) is 6.07 Å². The first-order valence-electron chi connectivity index (χ1n) is 11.3. The van der Waals surface area contributed by atoms with Crippen LogP contribution < -0.4 is 15.8 Å². The number of benzene rings is 2. The summed E-state index contributed by atoms with van der Waals surface area (Å²) in [6, 6.07) is 10.7. The summed E-state index contributed by atoms with van der Waals surface area (Å²) in [5, 5.41) is 4.24. The Morgan fingerprint density at radius 1 is 1.03 bits per heavy atom. The fourth-order valence-electron chi connectivity index (χ4n) is 4.32. The Morgan fingerprint density at radius 3 is 2.45 bits per heavy atom. The van der Waals surface area contributed by atoms with Crippen LogP contribution in [-0.4, -0.2) is 39.9 Å². The van der Waals surface area contributed by atoms with Gasteiger partial charge in [-0.15, -0.1) is 0 Å². The van der Waals surface area contributed by atoms with Crippen molar-refractivity contribution in [1.29, 1.82) is 0 Å². The molecule has 0 amide bonds. The van der Waals surface area contributed by atoms with E-state index in [1.54, 1.807) is 16.4 Å². The lowest BCUT2D eigenvalue weighted by atomic mass is 10.0. The lowest BCUT2D eigenvalue weighted by Crippen LogP contribution is -2.35. The molecule has 33 heavy (non-hydrogen) atoms. The third-order valence-corrected chi connectivity index (χ3v) is 8.28. The van der Waals surface area contributed by atoms with Gasteiger partial charge in [0.15, 0.2) is 0 Å². The summed E-state index contributed by atoms with van der Waals surface area (Å²) in [5.74, 6) is 0. The van der Waals surface area contributed by atoms with Crippen LogP contribution in [0.4, 0.5) is 11.4 Å². The molecule has 8 heteroatoms. The van der Waals surface area contributed by atoms with Crippen molar-refractivity contribution in [2.75, 3.05) is 37.4 Å². The maximum absolute atomic E-state index is 13.2. The Hall–Kier alpha value is -2.84. The van der Waals surface area contributed by atoms with Crippen LogP contribution in [0, 0.1) is 13.8 Å². The molecule has 3 aromatic rings. The van der Waals surface area contributed by atoms with Crippen LogP contribution in [0.5, 0.6) is 0 Å². The molecule has 7 nitrogen and oxygen atoms in total. The molecule has 1 fully saturated rings. The standard InChI is InChI=1S/C25H31N3O4S/c1-17-8-10-21-19(14-24(29)32-25(21)18(17)2)16-26-22-15-20(9-11-23(22)27(3)4)33(30,31)28-12-6-5-7-13-28/h8-11,14-15,26H,5-7,12-13,16H2,1-4H3. The van der Waals surface area contributed by atoms with Gasteiger partial charge in [0.25, 0.3) is 0 Å². The Bertz CT molecular complexity index is 1340. The van der Waals surface area contributed by atoms with Gasteiger partial charge in [0.05, 0.1) is 16.3 Å². The Balaban J connectivity index is 1.70. The second-order valence-electron chi connectivity index (χ2n) is 8.87. The van der Waals surface area contributed by atoms with E-state index in [1.807, 2.05) is 51.0 Å². The monoisotopic (exact) mass is 469 g/mol. The van der Waals surface area contributed by atoms with Crippen LogP contribution in [0.25, 0.3) is 11.0 Å². The molecule has 0 unspecified atom stereocenters. The van der Waals surface area contributed by atoms with Crippen LogP contribution in [0.1, 0.15) is 36.0 Å². The van der Waals surface area contributed by atoms with Gasteiger partial charge < -0.3 is 14.6 Å². The summed E-state index contributed by atoms with van der Waals surface area (Å²) in [5.41, 5.74) is 4.56. The summed E-state index contributed by atoms with van der Waals surface area (Å²) >= 11 is 0. The molecule has 1 aliphatic heterocycles. The van der Waals surface area contributed by atoms with Gasteiger partial charge in [-0.1, -0.05) is 18.6 Å². The lowest BCUT2D eigenvalue weighted by Gasteiger charge is -2.27. The molecule has 4 rings (SSSR count). The molecule has 0 radical (unpaired) electrons. The fourth-order valence-corrected chi connectivity index (χ4v) is 5.87. The number of sulfonamides is 1. The highest BCUT2D eigenvalue weighted by molar-refractivity contribution is 7.89. The van der Waals surface area contributed by atoms with Gasteiger partial charge in [-0.2, -0.15) is 4.31 Å². The highest BCUT2D eigenvalue weighted by Crippen LogP contribution is 2.31. The van der Waals surface area contributed by atoms with E-state index in [-0.39, 0.29) is 4.90 Å². The van der Waals surface area contributed by atoms with Crippen LogP contribution in [0.2, 0.25) is 0 Å². The van der Waals surface area contributed by atoms with Crippen molar-refractivity contribution in [3.63, 3.8) is 0 Å². The van der Waals surface area contributed by atoms with Crippen LogP contribution in [0.15, 0.2) is 50.5 Å². The number of nitrogens with one attached hydrogen (secondary N) is 1. The average Bonchev–Trinajstić information content (AvgIpc) is 2.80. The summed E-state index contributed by atoms with van der Waals surface area (Å²) in [7, 11) is 0.277. The maximum Gasteiger partial charge on any atom is 0.336 e. The van der Waals surface area contributed by atoms with E-state index in [2.05, 4.69) is 5.32 Å². The van der Waals surface area contributed by atoms with E-state index >= 15 is 0 Å². The van der Waals surface area contributed by atoms with Crippen molar-refractivity contribution < 1.29 is 12.8 Å². The minimum atomic E-state index is -3.55. The number of anilines is 2. The quantitative estimate of drug-likeness (QED) is 0.543. The molecule has 1 aliphatic rings. The highest BCUT2D eigenvalue weighted by Gasteiger charge is 2.26. The average molecular weight is 470 g/mol. The van der Waals surface area contributed by atoms with Crippen molar-refractivity contribution in [3.05, 3.63) is 63.5 Å². The predicted molar refractivity (Wildman–Crippen MR) is 133 cm³/mol.